The highest BCUT2D eigenvalue weighted by molar-refractivity contribution is 5.55. The molecule has 1 aromatic carbocycles. The number of benzene rings is 1. The van der Waals surface area contributed by atoms with Gasteiger partial charge in [0.2, 0.25) is 0 Å². The normalized spacial score (nSPS) is 22.3. The van der Waals surface area contributed by atoms with Gasteiger partial charge >= 0.3 is 0 Å². The average Bonchev–Trinajstić information content (AvgIpc) is 2.47. The van der Waals surface area contributed by atoms with Crippen molar-refractivity contribution in [1.29, 1.82) is 0 Å². The van der Waals surface area contributed by atoms with E-state index in [1.165, 1.54) is 43.7 Å². The van der Waals surface area contributed by atoms with E-state index in [4.69, 9.17) is 5.73 Å². The van der Waals surface area contributed by atoms with Gasteiger partial charge in [0.25, 0.3) is 0 Å². The molecule has 1 aliphatic rings. The third-order valence-corrected chi connectivity index (χ3v) is 4.31. The van der Waals surface area contributed by atoms with E-state index in [1.54, 1.807) is 0 Å². The number of anilines is 2. The summed E-state index contributed by atoms with van der Waals surface area (Å²) in [7, 11) is 0. The highest BCUT2D eigenvalue weighted by Crippen LogP contribution is 2.27. The van der Waals surface area contributed by atoms with Crippen LogP contribution in [0.5, 0.6) is 0 Å². The Labute approximate surface area is 129 Å². The molecule has 0 spiro atoms. The Morgan fingerprint density at radius 3 is 2.33 bits per heavy atom. The summed E-state index contributed by atoms with van der Waals surface area (Å²) in [5.41, 5.74) is 8.09. The first-order valence-electron chi connectivity index (χ1n) is 8.48. The maximum Gasteiger partial charge on any atom is 0.0367 e. The molecule has 0 bridgehead atoms. The molecule has 21 heavy (non-hydrogen) atoms. The number of rotatable bonds is 7. The fraction of sp³-hybridized carbons (Fsp3) is 0.667. The quantitative estimate of drug-likeness (QED) is 0.752. The molecule has 1 heterocycles. The monoisotopic (exact) mass is 289 g/mol. The molecule has 1 saturated heterocycles. The van der Waals surface area contributed by atoms with Crippen LogP contribution < -0.4 is 16.0 Å². The summed E-state index contributed by atoms with van der Waals surface area (Å²) < 4.78 is 0. The SMILES string of the molecule is CC1C[C@@H](C)CN(c2ccc(NCCCCCN)cc2)C1. The fourth-order valence-electron chi connectivity index (χ4n) is 3.34. The molecule has 2 rings (SSSR count). The predicted octanol–water partition coefficient (Wildman–Crippen LogP) is 3.71. The molecule has 1 unspecified atom stereocenters. The second-order valence-corrected chi connectivity index (χ2v) is 6.67. The van der Waals surface area contributed by atoms with Gasteiger partial charge in [0, 0.05) is 31.0 Å². The Hall–Kier alpha value is -1.22. The van der Waals surface area contributed by atoms with Crippen LogP contribution >= 0.6 is 0 Å². The third-order valence-electron chi connectivity index (χ3n) is 4.31. The number of nitrogens with one attached hydrogen (secondary N) is 1. The van der Waals surface area contributed by atoms with Crippen LogP contribution in [-0.2, 0) is 0 Å². The van der Waals surface area contributed by atoms with Crippen molar-refractivity contribution < 1.29 is 0 Å². The largest absolute Gasteiger partial charge is 0.385 e. The number of hydrogen-bond donors (Lipinski definition) is 2. The van der Waals surface area contributed by atoms with Crippen LogP contribution in [0.3, 0.4) is 0 Å². The smallest absolute Gasteiger partial charge is 0.0367 e. The second-order valence-electron chi connectivity index (χ2n) is 6.67. The van der Waals surface area contributed by atoms with E-state index >= 15 is 0 Å². The standard InChI is InChI=1S/C18H31N3/c1-15-12-16(2)14-21(13-15)18-8-6-17(7-9-18)20-11-5-3-4-10-19/h6-9,15-16,20H,3-5,10-14,19H2,1-2H3/t15-,16?/m1/s1. The Bertz CT molecular complexity index is 391. The molecular formula is C18H31N3. The molecule has 3 N–H and O–H groups in total. The summed E-state index contributed by atoms with van der Waals surface area (Å²) in [4.78, 5) is 2.53. The lowest BCUT2D eigenvalue weighted by atomic mass is 9.91. The summed E-state index contributed by atoms with van der Waals surface area (Å²) >= 11 is 0. The minimum atomic E-state index is 0.800. The first-order valence-corrected chi connectivity index (χ1v) is 8.48. The van der Waals surface area contributed by atoms with E-state index in [-0.39, 0.29) is 0 Å². The second kappa shape index (κ2) is 8.28. The van der Waals surface area contributed by atoms with Crippen molar-refractivity contribution in [2.75, 3.05) is 36.4 Å². The van der Waals surface area contributed by atoms with Gasteiger partial charge in [-0.05, 0) is 61.9 Å². The lowest BCUT2D eigenvalue weighted by Crippen LogP contribution is -2.38. The van der Waals surface area contributed by atoms with Crippen LogP contribution in [0, 0.1) is 11.8 Å². The fourth-order valence-corrected chi connectivity index (χ4v) is 3.34. The van der Waals surface area contributed by atoms with E-state index in [1.807, 2.05) is 0 Å². The predicted molar refractivity (Wildman–Crippen MR) is 93.0 cm³/mol. The molecule has 0 amide bonds. The lowest BCUT2D eigenvalue weighted by molar-refractivity contribution is 0.357. The maximum atomic E-state index is 5.50. The zero-order valence-electron chi connectivity index (χ0n) is 13.6. The van der Waals surface area contributed by atoms with Crippen molar-refractivity contribution in [3.63, 3.8) is 0 Å². The van der Waals surface area contributed by atoms with E-state index in [0.29, 0.717) is 0 Å². The molecular weight excluding hydrogens is 258 g/mol. The average molecular weight is 289 g/mol. The number of nitrogens with zero attached hydrogens (tertiary/aromatic N) is 1. The van der Waals surface area contributed by atoms with Crippen molar-refractivity contribution in [1.82, 2.24) is 0 Å². The number of piperidine rings is 1. The van der Waals surface area contributed by atoms with E-state index < -0.39 is 0 Å². The van der Waals surface area contributed by atoms with E-state index in [0.717, 1.165) is 31.3 Å². The molecule has 1 aromatic rings. The summed E-state index contributed by atoms with van der Waals surface area (Å²) in [5.74, 6) is 1.60. The summed E-state index contributed by atoms with van der Waals surface area (Å²) in [6.07, 6.45) is 4.90. The summed E-state index contributed by atoms with van der Waals surface area (Å²) in [6.45, 7) is 8.95. The van der Waals surface area contributed by atoms with Gasteiger partial charge in [-0.2, -0.15) is 0 Å². The maximum absolute atomic E-state index is 5.50. The highest BCUT2D eigenvalue weighted by Gasteiger charge is 2.21. The van der Waals surface area contributed by atoms with Gasteiger partial charge in [0.1, 0.15) is 0 Å². The lowest BCUT2D eigenvalue weighted by Gasteiger charge is -2.36. The minimum absolute atomic E-state index is 0.800. The van der Waals surface area contributed by atoms with Crippen molar-refractivity contribution >= 4 is 11.4 Å². The Kier molecular flexibility index (Phi) is 6.37. The van der Waals surface area contributed by atoms with Gasteiger partial charge in [-0.15, -0.1) is 0 Å². The molecule has 118 valence electrons. The molecule has 3 nitrogen and oxygen atoms in total. The molecule has 1 fully saturated rings. The van der Waals surface area contributed by atoms with Crippen molar-refractivity contribution in [3.8, 4) is 0 Å². The molecule has 0 radical (unpaired) electrons. The molecule has 0 aromatic heterocycles. The van der Waals surface area contributed by atoms with Gasteiger partial charge in [-0.25, -0.2) is 0 Å². The van der Waals surface area contributed by atoms with Gasteiger partial charge in [0.15, 0.2) is 0 Å². The van der Waals surface area contributed by atoms with Crippen LogP contribution in [0.25, 0.3) is 0 Å². The molecule has 0 saturated carbocycles. The zero-order valence-corrected chi connectivity index (χ0v) is 13.6. The van der Waals surface area contributed by atoms with Crippen LogP contribution in [0.15, 0.2) is 24.3 Å². The number of unbranched alkanes of at least 4 members (excludes halogenated alkanes) is 2. The van der Waals surface area contributed by atoms with E-state index in [2.05, 4.69) is 48.3 Å². The topological polar surface area (TPSA) is 41.3 Å². The van der Waals surface area contributed by atoms with Crippen LogP contribution in [0.4, 0.5) is 11.4 Å². The van der Waals surface area contributed by atoms with Crippen LogP contribution in [-0.4, -0.2) is 26.2 Å². The van der Waals surface area contributed by atoms with Gasteiger partial charge in [-0.1, -0.05) is 20.3 Å². The molecule has 3 heteroatoms. The molecule has 0 aliphatic carbocycles. The molecule has 2 atom stereocenters. The Morgan fingerprint density at radius 2 is 1.71 bits per heavy atom. The first kappa shape index (κ1) is 16.2. The molecule has 1 aliphatic heterocycles. The van der Waals surface area contributed by atoms with Crippen molar-refractivity contribution in [2.24, 2.45) is 17.6 Å². The van der Waals surface area contributed by atoms with E-state index in [9.17, 15) is 0 Å². The minimum Gasteiger partial charge on any atom is -0.385 e. The van der Waals surface area contributed by atoms with Gasteiger partial charge < -0.3 is 16.0 Å². The van der Waals surface area contributed by atoms with Gasteiger partial charge in [0.05, 0.1) is 0 Å². The Morgan fingerprint density at radius 1 is 1.05 bits per heavy atom. The van der Waals surface area contributed by atoms with Crippen LogP contribution in [0.2, 0.25) is 0 Å². The summed E-state index contributed by atoms with van der Waals surface area (Å²) in [5, 5.41) is 3.49. The number of hydrogen-bond acceptors (Lipinski definition) is 3. The van der Waals surface area contributed by atoms with Gasteiger partial charge in [-0.3, -0.25) is 0 Å². The number of nitrogens with two attached hydrogens (primary N) is 1. The zero-order chi connectivity index (χ0) is 15.1. The first-order chi connectivity index (χ1) is 10.2. The van der Waals surface area contributed by atoms with Crippen molar-refractivity contribution in [2.45, 2.75) is 39.5 Å². The van der Waals surface area contributed by atoms with Crippen molar-refractivity contribution in [3.05, 3.63) is 24.3 Å². The Balaban J connectivity index is 1.81. The summed E-state index contributed by atoms with van der Waals surface area (Å²) in [6, 6.07) is 8.93. The highest BCUT2D eigenvalue weighted by atomic mass is 15.1. The van der Waals surface area contributed by atoms with Crippen LogP contribution in [0.1, 0.15) is 39.5 Å². The third kappa shape index (κ3) is 5.24.